The minimum atomic E-state index is -0.260. The second-order valence-corrected chi connectivity index (χ2v) is 8.30. The van der Waals surface area contributed by atoms with Gasteiger partial charge in [-0.05, 0) is 75.4 Å². The topological polar surface area (TPSA) is 83.2 Å². The number of aromatic amines is 1. The molecule has 0 fully saturated rings. The summed E-state index contributed by atoms with van der Waals surface area (Å²) in [6, 6.07) is 7.34. The average Bonchev–Trinajstić information content (AvgIpc) is 3.07. The minimum absolute atomic E-state index is 0.0522. The van der Waals surface area contributed by atoms with E-state index < -0.39 is 0 Å². The number of carbonyl (C=O) groups excluding carboxylic acids is 2. The van der Waals surface area contributed by atoms with Crippen molar-refractivity contribution in [2.24, 2.45) is 5.92 Å². The maximum atomic E-state index is 12.7. The molecule has 6 heteroatoms. The van der Waals surface area contributed by atoms with Crippen LogP contribution in [0.25, 0.3) is 0 Å². The molecule has 1 aliphatic rings. The second kappa shape index (κ2) is 11.0. The van der Waals surface area contributed by atoms with Crippen molar-refractivity contribution in [1.29, 1.82) is 0 Å². The van der Waals surface area contributed by atoms with Gasteiger partial charge in [0.1, 0.15) is 5.75 Å². The van der Waals surface area contributed by atoms with Crippen LogP contribution in [0.4, 0.5) is 5.69 Å². The number of fused-ring (bicyclic) bond motifs is 1. The lowest BCUT2D eigenvalue weighted by molar-refractivity contribution is 0.0965. The maximum Gasteiger partial charge on any atom is 0.257 e. The molecule has 1 heterocycles. The van der Waals surface area contributed by atoms with Gasteiger partial charge in [0.25, 0.3) is 5.91 Å². The molecule has 0 unspecified atom stereocenters. The van der Waals surface area contributed by atoms with Gasteiger partial charge < -0.3 is 20.4 Å². The average molecular weight is 412 g/mol. The highest BCUT2D eigenvalue weighted by molar-refractivity contribution is 6.13. The smallest absolute Gasteiger partial charge is 0.257 e. The van der Waals surface area contributed by atoms with Crippen molar-refractivity contribution in [2.75, 3.05) is 25.0 Å². The molecule has 1 aromatic heterocycles. The van der Waals surface area contributed by atoms with E-state index in [0.29, 0.717) is 29.8 Å². The Kier molecular flexibility index (Phi) is 8.08. The van der Waals surface area contributed by atoms with E-state index in [2.05, 4.69) is 29.5 Å². The fourth-order valence-corrected chi connectivity index (χ4v) is 3.61. The first-order valence-electron chi connectivity index (χ1n) is 11.0. The molecule has 0 bridgehead atoms. The van der Waals surface area contributed by atoms with E-state index in [9.17, 15) is 9.59 Å². The van der Waals surface area contributed by atoms with Gasteiger partial charge in [-0.1, -0.05) is 13.8 Å². The summed E-state index contributed by atoms with van der Waals surface area (Å²) >= 11 is 0. The molecule has 3 rings (SSSR count). The van der Waals surface area contributed by atoms with Crippen molar-refractivity contribution in [3.63, 3.8) is 0 Å². The number of aryl methyl sites for hydroxylation is 1. The molecule has 3 N–H and O–H groups in total. The molecule has 0 saturated heterocycles. The third kappa shape index (κ3) is 6.20. The van der Waals surface area contributed by atoms with Gasteiger partial charge in [-0.2, -0.15) is 0 Å². The van der Waals surface area contributed by atoms with Crippen LogP contribution in [0.1, 0.15) is 72.4 Å². The molecule has 0 saturated carbocycles. The summed E-state index contributed by atoms with van der Waals surface area (Å²) in [7, 11) is 0. The number of carbonyl (C=O) groups is 2. The van der Waals surface area contributed by atoms with Crippen molar-refractivity contribution < 1.29 is 14.3 Å². The Morgan fingerprint density at radius 3 is 2.67 bits per heavy atom. The highest BCUT2D eigenvalue weighted by Gasteiger charge is 2.24. The Morgan fingerprint density at radius 2 is 1.90 bits per heavy atom. The minimum Gasteiger partial charge on any atom is -0.494 e. The summed E-state index contributed by atoms with van der Waals surface area (Å²) in [5, 5.41) is 6.31. The molecule has 1 aliphatic carbocycles. The zero-order valence-electron chi connectivity index (χ0n) is 18.1. The zero-order chi connectivity index (χ0) is 21.3. The van der Waals surface area contributed by atoms with E-state index in [1.165, 1.54) is 6.42 Å². The number of hydrogen-bond donors (Lipinski definition) is 3. The molecule has 162 valence electrons. The van der Waals surface area contributed by atoms with Crippen molar-refractivity contribution >= 4 is 17.4 Å². The van der Waals surface area contributed by atoms with Crippen LogP contribution in [0.15, 0.2) is 30.5 Å². The number of benzene rings is 1. The van der Waals surface area contributed by atoms with Crippen LogP contribution in [0.3, 0.4) is 0 Å². The van der Waals surface area contributed by atoms with E-state index in [-0.39, 0.29) is 11.7 Å². The van der Waals surface area contributed by atoms with Crippen LogP contribution in [0, 0.1) is 5.92 Å². The lowest BCUT2D eigenvalue weighted by Gasteiger charge is -2.10. The summed E-state index contributed by atoms with van der Waals surface area (Å²) in [4.78, 5) is 28.2. The Morgan fingerprint density at radius 1 is 1.13 bits per heavy atom. The standard InChI is InChI=1S/C24H33N3O3/c1-17(2)12-14-25-13-5-15-30-19-10-8-18(9-11-19)27-24(29)20-16-26-21-6-3-4-7-22(28)23(20)21/h8-11,16-17,25-26H,3-7,12-15H2,1-2H3,(H,27,29). The molecule has 30 heavy (non-hydrogen) atoms. The van der Waals surface area contributed by atoms with Crippen molar-refractivity contribution in [3.8, 4) is 5.75 Å². The fraction of sp³-hybridized carbons (Fsp3) is 0.500. The molecule has 6 nitrogen and oxygen atoms in total. The van der Waals surface area contributed by atoms with E-state index in [1.54, 1.807) is 6.20 Å². The van der Waals surface area contributed by atoms with Gasteiger partial charge in [-0.15, -0.1) is 0 Å². The fourth-order valence-electron chi connectivity index (χ4n) is 3.61. The third-order valence-corrected chi connectivity index (χ3v) is 5.34. The molecule has 0 aliphatic heterocycles. The lowest BCUT2D eigenvalue weighted by Crippen LogP contribution is -2.19. The van der Waals surface area contributed by atoms with Gasteiger partial charge in [0.15, 0.2) is 5.78 Å². The number of Topliss-reactive ketones (excluding diaryl/α,β-unsaturated/α-hetero) is 1. The van der Waals surface area contributed by atoms with Crippen LogP contribution in [0.2, 0.25) is 0 Å². The van der Waals surface area contributed by atoms with E-state index in [4.69, 9.17) is 4.74 Å². The quantitative estimate of drug-likeness (QED) is 0.395. The predicted octanol–water partition coefficient (Wildman–Crippen LogP) is 4.58. The summed E-state index contributed by atoms with van der Waals surface area (Å²) in [6.07, 6.45) is 6.94. The third-order valence-electron chi connectivity index (χ3n) is 5.34. The Balaban J connectivity index is 1.46. The molecule has 2 aromatic rings. The SMILES string of the molecule is CC(C)CCNCCCOc1ccc(NC(=O)c2c[nH]c3c2C(=O)CCCC3)cc1. The van der Waals surface area contributed by atoms with Gasteiger partial charge in [-0.25, -0.2) is 0 Å². The number of hydrogen-bond acceptors (Lipinski definition) is 4. The van der Waals surface area contributed by atoms with Crippen molar-refractivity contribution in [1.82, 2.24) is 10.3 Å². The number of H-pyrrole nitrogens is 1. The van der Waals surface area contributed by atoms with Crippen LogP contribution >= 0.6 is 0 Å². The van der Waals surface area contributed by atoms with Gasteiger partial charge in [0, 0.05) is 24.0 Å². The number of aromatic nitrogens is 1. The van der Waals surface area contributed by atoms with Gasteiger partial charge in [-0.3, -0.25) is 9.59 Å². The summed E-state index contributed by atoms with van der Waals surface area (Å²) in [5.74, 6) is 1.29. The first-order valence-corrected chi connectivity index (χ1v) is 11.0. The molecule has 0 spiro atoms. The molecule has 0 radical (unpaired) electrons. The first kappa shape index (κ1) is 22.1. The van der Waals surface area contributed by atoms with Gasteiger partial charge in [0.05, 0.1) is 17.7 Å². The number of ether oxygens (including phenoxy) is 1. The first-order chi connectivity index (χ1) is 14.5. The summed E-state index contributed by atoms with van der Waals surface area (Å²) in [6.45, 7) is 7.09. The van der Waals surface area contributed by atoms with E-state index in [1.807, 2.05) is 24.3 Å². The molecule has 0 atom stereocenters. The van der Waals surface area contributed by atoms with Crippen LogP contribution in [-0.2, 0) is 6.42 Å². The zero-order valence-corrected chi connectivity index (χ0v) is 18.1. The van der Waals surface area contributed by atoms with Crippen molar-refractivity contribution in [2.45, 2.75) is 52.4 Å². The van der Waals surface area contributed by atoms with Crippen molar-refractivity contribution in [3.05, 3.63) is 47.3 Å². The van der Waals surface area contributed by atoms with Crippen LogP contribution < -0.4 is 15.4 Å². The van der Waals surface area contributed by atoms with Crippen LogP contribution in [-0.4, -0.2) is 36.4 Å². The maximum absolute atomic E-state index is 12.7. The number of amides is 1. The number of rotatable bonds is 10. The second-order valence-electron chi connectivity index (χ2n) is 8.30. The van der Waals surface area contributed by atoms with E-state index in [0.717, 1.165) is 56.1 Å². The predicted molar refractivity (Wildman–Crippen MR) is 120 cm³/mol. The Labute approximate surface area is 178 Å². The van der Waals surface area contributed by atoms with Crippen LogP contribution in [0.5, 0.6) is 5.75 Å². The highest BCUT2D eigenvalue weighted by atomic mass is 16.5. The Hall–Kier alpha value is -2.60. The number of anilines is 1. The molecule has 1 aromatic carbocycles. The number of ketones is 1. The normalized spacial score (nSPS) is 13.8. The monoisotopic (exact) mass is 411 g/mol. The molecular formula is C24H33N3O3. The number of nitrogens with one attached hydrogen (secondary N) is 3. The largest absolute Gasteiger partial charge is 0.494 e. The van der Waals surface area contributed by atoms with Gasteiger partial charge in [0.2, 0.25) is 0 Å². The summed E-state index contributed by atoms with van der Waals surface area (Å²) in [5.41, 5.74) is 2.55. The molecule has 1 amide bonds. The highest BCUT2D eigenvalue weighted by Crippen LogP contribution is 2.24. The lowest BCUT2D eigenvalue weighted by atomic mass is 10.0. The summed E-state index contributed by atoms with van der Waals surface area (Å²) < 4.78 is 5.77. The van der Waals surface area contributed by atoms with Gasteiger partial charge >= 0.3 is 0 Å². The van der Waals surface area contributed by atoms with E-state index >= 15 is 0 Å². The molecular weight excluding hydrogens is 378 g/mol. The Bertz CT molecular complexity index is 840.